The fourth-order valence-electron chi connectivity index (χ4n) is 2.81. The molecule has 1 aromatic carbocycles. The van der Waals surface area contributed by atoms with Crippen molar-refractivity contribution in [3.63, 3.8) is 0 Å². The molecule has 5 nitrogen and oxygen atoms in total. The number of nitrogen functional groups attached to an aromatic ring is 1. The Morgan fingerprint density at radius 3 is 2.77 bits per heavy atom. The second kappa shape index (κ2) is 6.23. The van der Waals surface area contributed by atoms with Crippen LogP contribution in [0, 0.1) is 0 Å². The number of aromatic nitrogens is 2. The van der Waals surface area contributed by atoms with Crippen LogP contribution in [0.3, 0.4) is 0 Å². The van der Waals surface area contributed by atoms with Crippen LogP contribution < -0.4 is 5.73 Å². The van der Waals surface area contributed by atoms with Crippen LogP contribution in [0.5, 0.6) is 0 Å². The highest BCUT2D eigenvalue weighted by Gasteiger charge is 2.23. The molecule has 3 rings (SSSR count). The monoisotopic (exact) mass is 297 g/mol. The highest BCUT2D eigenvalue weighted by Crippen LogP contribution is 2.31. The molecule has 114 valence electrons. The lowest BCUT2D eigenvalue weighted by atomic mass is 9.93. The zero-order chi connectivity index (χ0) is 15.5. The molecular weight excluding hydrogens is 278 g/mol. The standard InChI is InChI=1S/C17H19N3O2/c1-11-8-14(6-7-22-11)15-9-19-17(18)16(20-15)13-4-2-12(10-21)3-5-13/h2-5,9-11,14H,6-8H2,1H3,(H2,18,19). The maximum Gasteiger partial charge on any atom is 0.150 e. The minimum Gasteiger partial charge on any atom is -0.382 e. The maximum atomic E-state index is 10.7. The summed E-state index contributed by atoms with van der Waals surface area (Å²) >= 11 is 0. The number of hydrogen-bond donors (Lipinski definition) is 1. The average Bonchev–Trinajstić information content (AvgIpc) is 2.55. The van der Waals surface area contributed by atoms with Crippen molar-refractivity contribution in [2.45, 2.75) is 31.8 Å². The molecule has 22 heavy (non-hydrogen) atoms. The van der Waals surface area contributed by atoms with Gasteiger partial charge in [-0.15, -0.1) is 0 Å². The van der Waals surface area contributed by atoms with Crippen molar-refractivity contribution in [2.75, 3.05) is 12.3 Å². The maximum absolute atomic E-state index is 10.7. The van der Waals surface area contributed by atoms with E-state index in [1.54, 1.807) is 18.3 Å². The van der Waals surface area contributed by atoms with Gasteiger partial charge in [-0.3, -0.25) is 4.79 Å². The molecule has 1 aromatic heterocycles. The molecule has 0 spiro atoms. The number of aldehydes is 1. The van der Waals surface area contributed by atoms with Gasteiger partial charge in [0.1, 0.15) is 17.8 Å². The summed E-state index contributed by atoms with van der Waals surface area (Å²) in [5.74, 6) is 0.757. The van der Waals surface area contributed by atoms with Gasteiger partial charge in [0.25, 0.3) is 0 Å². The molecule has 2 heterocycles. The van der Waals surface area contributed by atoms with Gasteiger partial charge in [-0.25, -0.2) is 9.97 Å². The van der Waals surface area contributed by atoms with E-state index in [0.717, 1.165) is 37.0 Å². The number of rotatable bonds is 3. The van der Waals surface area contributed by atoms with E-state index in [2.05, 4.69) is 11.9 Å². The topological polar surface area (TPSA) is 78.1 Å². The number of hydrogen-bond acceptors (Lipinski definition) is 5. The Hall–Kier alpha value is -2.27. The normalized spacial score (nSPS) is 21.5. The van der Waals surface area contributed by atoms with Gasteiger partial charge < -0.3 is 10.5 Å². The Kier molecular flexibility index (Phi) is 4.15. The van der Waals surface area contributed by atoms with Crippen molar-refractivity contribution >= 4 is 12.1 Å². The summed E-state index contributed by atoms with van der Waals surface area (Å²) in [5.41, 5.74) is 9.12. The molecule has 2 aromatic rings. The summed E-state index contributed by atoms with van der Waals surface area (Å²) < 4.78 is 5.59. The summed E-state index contributed by atoms with van der Waals surface area (Å²) in [7, 11) is 0. The zero-order valence-corrected chi connectivity index (χ0v) is 12.5. The van der Waals surface area contributed by atoms with Gasteiger partial charge >= 0.3 is 0 Å². The molecule has 0 bridgehead atoms. The van der Waals surface area contributed by atoms with Gasteiger partial charge in [-0.05, 0) is 19.8 Å². The Bertz CT molecular complexity index is 670. The molecule has 0 aliphatic carbocycles. The lowest BCUT2D eigenvalue weighted by Crippen LogP contribution is -2.22. The van der Waals surface area contributed by atoms with Gasteiger partial charge in [-0.2, -0.15) is 0 Å². The van der Waals surface area contributed by atoms with Crippen molar-refractivity contribution in [3.8, 4) is 11.3 Å². The number of carbonyl (C=O) groups excluding carboxylic acids is 1. The van der Waals surface area contributed by atoms with Gasteiger partial charge in [0.2, 0.25) is 0 Å². The van der Waals surface area contributed by atoms with E-state index in [0.29, 0.717) is 23.0 Å². The van der Waals surface area contributed by atoms with Gasteiger partial charge in [0.15, 0.2) is 0 Å². The van der Waals surface area contributed by atoms with Crippen LogP contribution >= 0.6 is 0 Å². The minimum atomic E-state index is 0.244. The van der Waals surface area contributed by atoms with Gasteiger partial charge in [0, 0.05) is 23.7 Å². The van der Waals surface area contributed by atoms with E-state index in [1.165, 1.54) is 0 Å². The van der Waals surface area contributed by atoms with Gasteiger partial charge in [-0.1, -0.05) is 24.3 Å². The lowest BCUT2D eigenvalue weighted by Gasteiger charge is -2.27. The molecule has 0 radical (unpaired) electrons. The summed E-state index contributed by atoms with van der Waals surface area (Å²) in [6.45, 7) is 2.83. The second-order valence-corrected chi connectivity index (χ2v) is 5.67. The smallest absolute Gasteiger partial charge is 0.150 e. The molecule has 1 fully saturated rings. The van der Waals surface area contributed by atoms with E-state index in [4.69, 9.17) is 15.5 Å². The molecule has 0 amide bonds. The van der Waals surface area contributed by atoms with Crippen molar-refractivity contribution in [3.05, 3.63) is 41.7 Å². The number of carbonyl (C=O) groups is 1. The summed E-state index contributed by atoms with van der Waals surface area (Å²) in [4.78, 5) is 19.8. The fraction of sp³-hybridized carbons (Fsp3) is 0.353. The molecule has 2 N–H and O–H groups in total. The third-order valence-corrected chi connectivity index (χ3v) is 4.04. The van der Waals surface area contributed by atoms with Crippen LogP contribution in [-0.2, 0) is 4.74 Å². The first-order valence-corrected chi connectivity index (χ1v) is 7.47. The molecule has 0 saturated carbocycles. The van der Waals surface area contributed by atoms with Crippen LogP contribution in [0.25, 0.3) is 11.3 Å². The summed E-state index contributed by atoms with van der Waals surface area (Å²) in [6, 6.07) is 7.21. The second-order valence-electron chi connectivity index (χ2n) is 5.67. The van der Waals surface area contributed by atoms with E-state index >= 15 is 0 Å². The minimum absolute atomic E-state index is 0.244. The van der Waals surface area contributed by atoms with Crippen LogP contribution in [0.4, 0.5) is 5.82 Å². The molecule has 1 aliphatic heterocycles. The fourth-order valence-corrected chi connectivity index (χ4v) is 2.81. The molecule has 1 aliphatic rings. The molecule has 2 unspecified atom stereocenters. The summed E-state index contributed by atoms with van der Waals surface area (Å²) in [6.07, 6.45) is 4.72. The Morgan fingerprint density at radius 1 is 1.32 bits per heavy atom. The third kappa shape index (κ3) is 2.99. The van der Waals surface area contributed by atoms with Gasteiger partial charge in [0.05, 0.1) is 18.0 Å². The summed E-state index contributed by atoms with van der Waals surface area (Å²) in [5, 5.41) is 0. The molecule has 2 atom stereocenters. The first-order valence-electron chi connectivity index (χ1n) is 7.47. The predicted octanol–water partition coefficient (Wildman–Crippen LogP) is 2.82. The van der Waals surface area contributed by atoms with Crippen LogP contribution in [0.2, 0.25) is 0 Å². The molecular formula is C17H19N3O2. The van der Waals surface area contributed by atoms with Crippen LogP contribution in [0.1, 0.15) is 41.7 Å². The van der Waals surface area contributed by atoms with Crippen molar-refractivity contribution < 1.29 is 9.53 Å². The number of anilines is 1. The average molecular weight is 297 g/mol. The zero-order valence-electron chi connectivity index (χ0n) is 12.5. The van der Waals surface area contributed by atoms with Crippen molar-refractivity contribution in [1.82, 2.24) is 9.97 Å². The number of benzene rings is 1. The number of ether oxygens (including phenoxy) is 1. The SMILES string of the molecule is CC1CC(c2cnc(N)c(-c3ccc(C=O)cc3)n2)CCO1. The first kappa shape index (κ1) is 14.7. The third-order valence-electron chi connectivity index (χ3n) is 4.04. The molecule has 5 heteroatoms. The van der Waals surface area contributed by atoms with Crippen molar-refractivity contribution in [1.29, 1.82) is 0 Å². The van der Waals surface area contributed by atoms with E-state index < -0.39 is 0 Å². The number of nitrogens with two attached hydrogens (primary N) is 1. The van der Waals surface area contributed by atoms with E-state index in [1.807, 2.05) is 12.1 Å². The Morgan fingerprint density at radius 2 is 2.09 bits per heavy atom. The Labute approximate surface area is 129 Å². The highest BCUT2D eigenvalue weighted by atomic mass is 16.5. The predicted molar refractivity (Wildman–Crippen MR) is 84.7 cm³/mol. The number of nitrogens with zero attached hydrogens (tertiary/aromatic N) is 2. The van der Waals surface area contributed by atoms with E-state index in [-0.39, 0.29) is 6.10 Å². The van der Waals surface area contributed by atoms with Crippen LogP contribution in [-0.4, -0.2) is 29.0 Å². The van der Waals surface area contributed by atoms with Crippen molar-refractivity contribution in [2.24, 2.45) is 0 Å². The Balaban J connectivity index is 1.93. The molecule has 1 saturated heterocycles. The van der Waals surface area contributed by atoms with Crippen LogP contribution in [0.15, 0.2) is 30.5 Å². The van der Waals surface area contributed by atoms with E-state index in [9.17, 15) is 4.79 Å². The first-order chi connectivity index (χ1) is 10.7. The largest absolute Gasteiger partial charge is 0.382 e. The lowest BCUT2D eigenvalue weighted by molar-refractivity contribution is 0.0179. The quantitative estimate of drug-likeness (QED) is 0.881. The highest BCUT2D eigenvalue weighted by molar-refractivity contribution is 5.78.